The fourth-order valence-corrected chi connectivity index (χ4v) is 3.93. The Hall–Kier alpha value is -1.98. The average Bonchev–Trinajstić information content (AvgIpc) is 2.66. The van der Waals surface area contributed by atoms with Crippen molar-refractivity contribution in [3.05, 3.63) is 70.2 Å². The SMILES string of the molecule is Cc1ccc(CSCC(=O)N(Cc2cccc(Cl)c2)[C@H](C)C(=O)NC(C)C)cc1. The number of carbonyl (C=O) groups excluding carboxylic acids is 2. The maximum atomic E-state index is 13.0. The largest absolute Gasteiger partial charge is 0.352 e. The molecule has 0 unspecified atom stereocenters. The van der Waals surface area contributed by atoms with E-state index in [0.29, 0.717) is 17.3 Å². The molecule has 2 aromatic rings. The van der Waals surface area contributed by atoms with Gasteiger partial charge in [-0.1, -0.05) is 53.6 Å². The highest BCUT2D eigenvalue weighted by Gasteiger charge is 2.26. The highest BCUT2D eigenvalue weighted by atomic mass is 35.5. The molecule has 0 aliphatic carbocycles. The maximum Gasteiger partial charge on any atom is 0.242 e. The third-order valence-electron chi connectivity index (χ3n) is 4.46. The molecule has 0 fully saturated rings. The highest BCUT2D eigenvalue weighted by Crippen LogP contribution is 2.18. The van der Waals surface area contributed by atoms with E-state index in [9.17, 15) is 9.59 Å². The van der Waals surface area contributed by atoms with Crippen LogP contribution in [-0.2, 0) is 21.9 Å². The Morgan fingerprint density at radius 1 is 1.07 bits per heavy atom. The monoisotopic (exact) mass is 432 g/mol. The van der Waals surface area contributed by atoms with Crippen LogP contribution in [0.1, 0.15) is 37.5 Å². The minimum atomic E-state index is -0.566. The molecule has 6 heteroatoms. The van der Waals surface area contributed by atoms with Crippen LogP contribution in [0.3, 0.4) is 0 Å². The second-order valence-electron chi connectivity index (χ2n) is 7.47. The molecule has 0 saturated carbocycles. The lowest BCUT2D eigenvalue weighted by Gasteiger charge is -2.29. The van der Waals surface area contributed by atoms with E-state index >= 15 is 0 Å². The molecule has 4 nitrogen and oxygen atoms in total. The van der Waals surface area contributed by atoms with Crippen molar-refractivity contribution in [1.82, 2.24) is 10.2 Å². The van der Waals surface area contributed by atoms with E-state index in [1.807, 2.05) is 32.0 Å². The molecule has 0 aliphatic rings. The summed E-state index contributed by atoms with van der Waals surface area (Å²) in [7, 11) is 0. The first-order chi connectivity index (χ1) is 13.8. The van der Waals surface area contributed by atoms with E-state index < -0.39 is 6.04 Å². The summed E-state index contributed by atoms with van der Waals surface area (Å²) in [5.41, 5.74) is 3.30. The summed E-state index contributed by atoms with van der Waals surface area (Å²) >= 11 is 7.65. The lowest BCUT2D eigenvalue weighted by molar-refractivity contribution is -0.138. The van der Waals surface area contributed by atoms with Crippen molar-refractivity contribution in [2.45, 2.75) is 52.1 Å². The van der Waals surface area contributed by atoms with Gasteiger partial charge in [-0.25, -0.2) is 0 Å². The Bertz CT molecular complexity index is 824. The zero-order valence-electron chi connectivity index (χ0n) is 17.4. The molecule has 0 spiro atoms. The van der Waals surface area contributed by atoms with E-state index in [2.05, 4.69) is 36.5 Å². The number of rotatable bonds is 9. The highest BCUT2D eigenvalue weighted by molar-refractivity contribution is 7.99. The van der Waals surface area contributed by atoms with Gasteiger partial charge in [0.2, 0.25) is 11.8 Å². The summed E-state index contributed by atoms with van der Waals surface area (Å²) in [5, 5.41) is 3.51. The molecule has 0 bridgehead atoms. The van der Waals surface area contributed by atoms with Gasteiger partial charge < -0.3 is 10.2 Å². The lowest BCUT2D eigenvalue weighted by Crippen LogP contribution is -2.49. The van der Waals surface area contributed by atoms with Crippen molar-refractivity contribution in [1.29, 1.82) is 0 Å². The number of nitrogens with one attached hydrogen (secondary N) is 1. The molecule has 2 amide bonds. The van der Waals surface area contributed by atoms with Gasteiger partial charge in [-0.3, -0.25) is 9.59 Å². The number of halogens is 1. The van der Waals surface area contributed by atoms with Crippen molar-refractivity contribution in [2.24, 2.45) is 0 Å². The van der Waals surface area contributed by atoms with Crippen molar-refractivity contribution in [3.63, 3.8) is 0 Å². The van der Waals surface area contributed by atoms with Crippen LogP contribution in [0.5, 0.6) is 0 Å². The van der Waals surface area contributed by atoms with Gasteiger partial charge >= 0.3 is 0 Å². The Morgan fingerprint density at radius 2 is 1.76 bits per heavy atom. The number of nitrogens with zero attached hydrogens (tertiary/aromatic N) is 1. The molecule has 156 valence electrons. The second-order valence-corrected chi connectivity index (χ2v) is 8.89. The van der Waals surface area contributed by atoms with E-state index in [4.69, 9.17) is 11.6 Å². The quantitative estimate of drug-likeness (QED) is 0.617. The molecule has 0 aromatic heterocycles. The standard InChI is InChI=1S/C23H29ClN2O2S/c1-16(2)25-23(28)18(4)26(13-20-6-5-7-21(24)12-20)22(27)15-29-14-19-10-8-17(3)9-11-19/h5-12,16,18H,13-15H2,1-4H3,(H,25,28)/t18-/m1/s1. The van der Waals surface area contributed by atoms with Crippen LogP contribution in [0.25, 0.3) is 0 Å². The molecule has 2 rings (SSSR count). The van der Waals surface area contributed by atoms with Crippen molar-refractivity contribution in [2.75, 3.05) is 5.75 Å². The number of carbonyl (C=O) groups is 2. The molecular weight excluding hydrogens is 404 g/mol. The molecule has 0 radical (unpaired) electrons. The Labute approximate surface area is 183 Å². The smallest absolute Gasteiger partial charge is 0.242 e. The molecule has 0 saturated heterocycles. The third kappa shape index (κ3) is 7.75. The van der Waals surface area contributed by atoms with E-state index in [1.165, 1.54) is 11.1 Å². The van der Waals surface area contributed by atoms with Crippen LogP contribution in [0.2, 0.25) is 5.02 Å². The number of amides is 2. The van der Waals surface area contributed by atoms with Gasteiger partial charge in [0.15, 0.2) is 0 Å². The molecule has 0 aliphatic heterocycles. The Kier molecular flexibility index (Phi) is 9.05. The van der Waals surface area contributed by atoms with Gasteiger partial charge in [0.1, 0.15) is 6.04 Å². The molecular formula is C23H29ClN2O2S. The van der Waals surface area contributed by atoms with Gasteiger partial charge in [-0.15, -0.1) is 11.8 Å². The van der Waals surface area contributed by atoms with E-state index in [1.54, 1.807) is 29.7 Å². The van der Waals surface area contributed by atoms with Gasteiger partial charge in [0, 0.05) is 23.4 Å². The molecule has 29 heavy (non-hydrogen) atoms. The van der Waals surface area contributed by atoms with E-state index in [-0.39, 0.29) is 17.9 Å². The van der Waals surface area contributed by atoms with Gasteiger partial charge in [0.05, 0.1) is 5.75 Å². The van der Waals surface area contributed by atoms with Gasteiger partial charge in [-0.05, 0) is 51.0 Å². The molecule has 1 atom stereocenters. The van der Waals surface area contributed by atoms with Crippen LogP contribution in [-0.4, -0.2) is 34.6 Å². The van der Waals surface area contributed by atoms with Crippen molar-refractivity contribution < 1.29 is 9.59 Å². The minimum absolute atomic E-state index is 0.0176. The summed E-state index contributed by atoms with van der Waals surface area (Å²) < 4.78 is 0. The van der Waals surface area contributed by atoms with Gasteiger partial charge in [0.25, 0.3) is 0 Å². The summed E-state index contributed by atoms with van der Waals surface area (Å²) in [5.74, 6) is 0.851. The van der Waals surface area contributed by atoms with Crippen LogP contribution in [0, 0.1) is 6.92 Å². The first-order valence-corrected chi connectivity index (χ1v) is 11.3. The van der Waals surface area contributed by atoms with Crippen LogP contribution in [0.4, 0.5) is 0 Å². The normalized spacial score (nSPS) is 11.9. The predicted molar refractivity (Wildman–Crippen MR) is 122 cm³/mol. The first kappa shape index (κ1) is 23.3. The fraction of sp³-hybridized carbons (Fsp3) is 0.391. The Balaban J connectivity index is 2.06. The third-order valence-corrected chi connectivity index (χ3v) is 5.68. The maximum absolute atomic E-state index is 13.0. The fourth-order valence-electron chi connectivity index (χ4n) is 2.84. The summed E-state index contributed by atoms with van der Waals surface area (Å²) in [6, 6.07) is 15.1. The second kappa shape index (κ2) is 11.3. The first-order valence-electron chi connectivity index (χ1n) is 9.74. The number of benzene rings is 2. The number of thioether (sulfide) groups is 1. The van der Waals surface area contributed by atoms with Crippen LogP contribution >= 0.6 is 23.4 Å². The summed E-state index contributed by atoms with van der Waals surface area (Å²) in [4.78, 5) is 27.2. The number of aryl methyl sites for hydroxylation is 1. The van der Waals surface area contributed by atoms with Crippen molar-refractivity contribution >= 4 is 35.2 Å². The average molecular weight is 433 g/mol. The zero-order chi connectivity index (χ0) is 21.4. The lowest BCUT2D eigenvalue weighted by atomic mass is 10.1. The van der Waals surface area contributed by atoms with Gasteiger partial charge in [-0.2, -0.15) is 0 Å². The Morgan fingerprint density at radius 3 is 2.38 bits per heavy atom. The number of hydrogen-bond acceptors (Lipinski definition) is 3. The van der Waals surface area contributed by atoms with E-state index in [0.717, 1.165) is 11.3 Å². The minimum Gasteiger partial charge on any atom is -0.352 e. The summed E-state index contributed by atoms with van der Waals surface area (Å²) in [6.07, 6.45) is 0. The predicted octanol–water partition coefficient (Wildman–Crippen LogP) is 4.82. The zero-order valence-corrected chi connectivity index (χ0v) is 19.0. The van der Waals surface area contributed by atoms with Crippen LogP contribution in [0.15, 0.2) is 48.5 Å². The molecule has 1 N–H and O–H groups in total. The topological polar surface area (TPSA) is 49.4 Å². The number of hydrogen-bond donors (Lipinski definition) is 1. The molecule has 0 heterocycles. The van der Waals surface area contributed by atoms with Crippen molar-refractivity contribution in [3.8, 4) is 0 Å². The van der Waals surface area contributed by atoms with Crippen LogP contribution < -0.4 is 5.32 Å². The summed E-state index contributed by atoms with van der Waals surface area (Å²) in [6.45, 7) is 7.98. The molecule has 2 aromatic carbocycles.